The molecular formula is C27H20O5. The molecule has 0 fully saturated rings. The van der Waals surface area contributed by atoms with E-state index >= 15 is 0 Å². The molecule has 1 aliphatic heterocycles. The van der Waals surface area contributed by atoms with Gasteiger partial charge in [0, 0.05) is 17.7 Å². The molecule has 0 saturated heterocycles. The highest BCUT2D eigenvalue weighted by Crippen LogP contribution is 2.51. The minimum atomic E-state index is -1.46. The van der Waals surface area contributed by atoms with Crippen molar-refractivity contribution in [2.24, 2.45) is 0 Å². The van der Waals surface area contributed by atoms with Crippen molar-refractivity contribution < 1.29 is 18.7 Å². The van der Waals surface area contributed by atoms with Crippen LogP contribution in [0.1, 0.15) is 28.4 Å². The Balaban J connectivity index is 1.82. The summed E-state index contributed by atoms with van der Waals surface area (Å²) < 4.78 is 18.2. The van der Waals surface area contributed by atoms with Crippen LogP contribution in [0.3, 0.4) is 0 Å². The molecule has 0 amide bonds. The lowest BCUT2D eigenvalue weighted by atomic mass is 9.92. The van der Waals surface area contributed by atoms with Crippen LogP contribution in [0.4, 0.5) is 0 Å². The van der Waals surface area contributed by atoms with Gasteiger partial charge < -0.3 is 13.9 Å². The standard InChI is InChI=1S/C27H20O5/c1-2-30-27(19-13-7-4-8-14-19)21(17-22(28)18-11-5-3-6-12-18)24-25(32-27)20-15-9-10-16-23(20)31-26(24)29/h3-17H,2H2,1H3/b21-17+. The zero-order chi connectivity index (χ0) is 22.1. The number of carbonyl (C=O) groups is 1. The Labute approximate surface area is 184 Å². The smallest absolute Gasteiger partial charge is 0.347 e. The first-order valence-corrected chi connectivity index (χ1v) is 10.4. The number of carbonyl (C=O) groups excluding carboxylic acids is 1. The highest BCUT2D eigenvalue weighted by Gasteiger charge is 2.50. The zero-order valence-electron chi connectivity index (χ0n) is 17.4. The minimum absolute atomic E-state index is 0.199. The Bertz CT molecular complexity index is 1390. The molecule has 5 heteroatoms. The van der Waals surface area contributed by atoms with Crippen LogP contribution >= 0.6 is 0 Å². The molecule has 1 aliphatic rings. The predicted molar refractivity (Wildman–Crippen MR) is 122 cm³/mol. The fraction of sp³-hybridized carbons (Fsp3) is 0.111. The maximum atomic E-state index is 13.2. The van der Waals surface area contributed by atoms with Gasteiger partial charge in [-0.1, -0.05) is 72.8 Å². The predicted octanol–water partition coefficient (Wildman–Crippen LogP) is 5.34. The second kappa shape index (κ2) is 7.94. The normalized spacial score (nSPS) is 18.5. The molecule has 0 radical (unpaired) electrons. The molecular weight excluding hydrogens is 404 g/mol. The maximum Gasteiger partial charge on any atom is 0.347 e. The van der Waals surface area contributed by atoms with Gasteiger partial charge in [-0.2, -0.15) is 0 Å². The van der Waals surface area contributed by atoms with Gasteiger partial charge in [0.05, 0.1) is 11.0 Å². The zero-order valence-corrected chi connectivity index (χ0v) is 17.4. The number of hydrogen-bond donors (Lipinski definition) is 0. The van der Waals surface area contributed by atoms with Crippen LogP contribution in [0.15, 0.2) is 100 Å². The van der Waals surface area contributed by atoms with Crippen LogP contribution in [0.25, 0.3) is 16.5 Å². The van der Waals surface area contributed by atoms with Gasteiger partial charge in [0.25, 0.3) is 5.79 Å². The van der Waals surface area contributed by atoms with E-state index in [-0.39, 0.29) is 11.3 Å². The third kappa shape index (κ3) is 3.15. The van der Waals surface area contributed by atoms with E-state index in [9.17, 15) is 9.59 Å². The number of para-hydroxylation sites is 1. The summed E-state index contributed by atoms with van der Waals surface area (Å²) in [4.78, 5) is 26.3. The molecule has 4 aromatic rings. The lowest BCUT2D eigenvalue weighted by molar-refractivity contribution is -0.133. The number of ether oxygens (including phenoxy) is 2. The summed E-state index contributed by atoms with van der Waals surface area (Å²) >= 11 is 0. The van der Waals surface area contributed by atoms with Crippen LogP contribution in [0, 0.1) is 0 Å². The van der Waals surface area contributed by atoms with Crippen molar-refractivity contribution in [1.82, 2.24) is 0 Å². The second-order valence-corrected chi connectivity index (χ2v) is 7.40. The summed E-state index contributed by atoms with van der Waals surface area (Å²) in [5, 5.41) is 0.637. The molecule has 0 bridgehead atoms. The molecule has 1 unspecified atom stereocenters. The summed E-state index contributed by atoms with van der Waals surface area (Å²) in [6, 6.07) is 25.3. The molecule has 158 valence electrons. The van der Waals surface area contributed by atoms with Crippen LogP contribution < -0.4 is 10.4 Å². The summed E-state index contributed by atoms with van der Waals surface area (Å²) in [5.41, 5.74) is 1.53. The van der Waals surface area contributed by atoms with E-state index in [2.05, 4.69) is 0 Å². The Morgan fingerprint density at radius 1 is 0.938 bits per heavy atom. The fourth-order valence-electron chi connectivity index (χ4n) is 4.07. The Hall–Kier alpha value is -3.96. The molecule has 1 atom stereocenters. The quantitative estimate of drug-likeness (QED) is 0.246. The third-order valence-electron chi connectivity index (χ3n) is 5.47. The van der Waals surface area contributed by atoms with Gasteiger partial charge in [0.15, 0.2) is 5.78 Å². The third-order valence-corrected chi connectivity index (χ3v) is 5.47. The van der Waals surface area contributed by atoms with Crippen molar-refractivity contribution >= 4 is 22.3 Å². The van der Waals surface area contributed by atoms with Crippen LogP contribution in [-0.2, 0) is 10.5 Å². The van der Waals surface area contributed by atoms with Gasteiger partial charge in [-0.3, -0.25) is 4.79 Å². The average Bonchev–Trinajstić information content (AvgIpc) is 3.16. The Morgan fingerprint density at radius 3 is 2.31 bits per heavy atom. The first kappa shape index (κ1) is 20.0. The van der Waals surface area contributed by atoms with E-state index in [4.69, 9.17) is 13.9 Å². The lowest BCUT2D eigenvalue weighted by Gasteiger charge is -2.30. The van der Waals surface area contributed by atoms with Crippen molar-refractivity contribution in [3.05, 3.63) is 118 Å². The van der Waals surface area contributed by atoms with Gasteiger partial charge in [-0.05, 0) is 25.1 Å². The molecule has 3 aromatic carbocycles. The van der Waals surface area contributed by atoms with Gasteiger partial charge in [0.1, 0.15) is 16.9 Å². The van der Waals surface area contributed by atoms with Crippen LogP contribution in [0.5, 0.6) is 5.75 Å². The summed E-state index contributed by atoms with van der Waals surface area (Å²) in [6.45, 7) is 2.14. The molecule has 0 aliphatic carbocycles. The van der Waals surface area contributed by atoms with Crippen molar-refractivity contribution in [3.63, 3.8) is 0 Å². The van der Waals surface area contributed by atoms with Gasteiger partial charge in [-0.25, -0.2) is 4.79 Å². The first-order chi connectivity index (χ1) is 15.6. The molecule has 1 aromatic heterocycles. The minimum Gasteiger partial charge on any atom is -0.452 e. The molecule has 32 heavy (non-hydrogen) atoms. The van der Waals surface area contributed by atoms with Crippen molar-refractivity contribution in [2.75, 3.05) is 6.61 Å². The average molecular weight is 424 g/mol. The summed E-state index contributed by atoms with van der Waals surface area (Å²) in [6.07, 6.45) is 1.43. The maximum absolute atomic E-state index is 13.2. The van der Waals surface area contributed by atoms with Gasteiger partial charge >= 0.3 is 5.63 Å². The molecule has 5 nitrogen and oxygen atoms in total. The van der Waals surface area contributed by atoms with Crippen LogP contribution in [0.2, 0.25) is 0 Å². The van der Waals surface area contributed by atoms with E-state index in [1.54, 1.807) is 36.4 Å². The lowest BCUT2D eigenvalue weighted by Crippen LogP contribution is -2.34. The summed E-state index contributed by atoms with van der Waals surface area (Å²) in [7, 11) is 0. The topological polar surface area (TPSA) is 65.7 Å². The Morgan fingerprint density at radius 2 is 1.59 bits per heavy atom. The van der Waals surface area contributed by atoms with Crippen molar-refractivity contribution in [1.29, 1.82) is 0 Å². The molecule has 5 rings (SSSR count). The molecule has 0 saturated carbocycles. The number of benzene rings is 3. The van der Waals surface area contributed by atoms with Gasteiger partial charge in [0.2, 0.25) is 0 Å². The SMILES string of the molecule is CCOC1(c2ccccc2)Oc2c(c(=O)oc3ccccc23)/C1=C\C(=O)c1ccccc1. The number of ketones is 1. The Kier molecular flexibility index (Phi) is 4.96. The highest BCUT2D eigenvalue weighted by molar-refractivity contribution is 6.10. The molecule has 0 N–H and O–H groups in total. The number of fused-ring (bicyclic) bond motifs is 3. The van der Waals surface area contributed by atoms with Crippen molar-refractivity contribution in [2.45, 2.75) is 12.7 Å². The summed E-state index contributed by atoms with van der Waals surface area (Å²) in [5.74, 6) is -1.37. The second-order valence-electron chi connectivity index (χ2n) is 7.40. The number of hydrogen-bond acceptors (Lipinski definition) is 5. The van der Waals surface area contributed by atoms with Crippen molar-refractivity contribution in [3.8, 4) is 5.75 Å². The molecule has 2 heterocycles. The highest BCUT2D eigenvalue weighted by atomic mass is 16.7. The molecule has 0 spiro atoms. The van der Waals surface area contributed by atoms with E-state index in [0.717, 1.165) is 0 Å². The van der Waals surface area contributed by atoms with E-state index < -0.39 is 11.4 Å². The van der Waals surface area contributed by atoms with E-state index in [1.165, 1.54) is 6.08 Å². The first-order valence-electron chi connectivity index (χ1n) is 10.4. The number of allylic oxidation sites excluding steroid dienone is 1. The number of rotatable bonds is 5. The monoisotopic (exact) mass is 424 g/mol. The van der Waals surface area contributed by atoms with E-state index in [1.807, 2.05) is 55.5 Å². The fourth-order valence-corrected chi connectivity index (χ4v) is 4.07. The van der Waals surface area contributed by atoms with Crippen LogP contribution in [-0.4, -0.2) is 12.4 Å². The largest absolute Gasteiger partial charge is 0.452 e. The van der Waals surface area contributed by atoms with Gasteiger partial charge in [-0.15, -0.1) is 0 Å². The van der Waals surface area contributed by atoms with E-state index in [0.29, 0.717) is 40.0 Å².